The first-order valence-electron chi connectivity index (χ1n) is 7.52. The van der Waals surface area contributed by atoms with Gasteiger partial charge in [0.05, 0.1) is 17.6 Å². The standard InChI is InChI=1S/C17H11ClFN7/c18-11-3-4-12(19)14(6-11)26-9-23-25-17(26)15-16(20)22-8-13(24-15)10-2-1-5-21-7-10/h1-9H,(H2,20,22). The van der Waals surface area contributed by atoms with Gasteiger partial charge in [0.1, 0.15) is 12.1 Å². The molecule has 128 valence electrons. The lowest BCUT2D eigenvalue weighted by atomic mass is 10.2. The molecule has 0 saturated heterocycles. The van der Waals surface area contributed by atoms with Crippen LogP contribution in [0.25, 0.3) is 28.5 Å². The quantitative estimate of drug-likeness (QED) is 0.597. The first kappa shape index (κ1) is 16.1. The largest absolute Gasteiger partial charge is 0.382 e. The highest BCUT2D eigenvalue weighted by Crippen LogP contribution is 2.27. The van der Waals surface area contributed by atoms with E-state index in [-0.39, 0.29) is 23.0 Å². The van der Waals surface area contributed by atoms with Gasteiger partial charge in [0.2, 0.25) is 0 Å². The van der Waals surface area contributed by atoms with Crippen molar-refractivity contribution in [2.24, 2.45) is 0 Å². The summed E-state index contributed by atoms with van der Waals surface area (Å²) >= 11 is 5.99. The van der Waals surface area contributed by atoms with Crippen molar-refractivity contribution in [1.82, 2.24) is 29.7 Å². The van der Waals surface area contributed by atoms with Crippen LogP contribution in [0.15, 0.2) is 55.2 Å². The summed E-state index contributed by atoms with van der Waals surface area (Å²) in [5.41, 5.74) is 7.77. The minimum Gasteiger partial charge on any atom is -0.382 e. The number of hydrogen-bond acceptors (Lipinski definition) is 6. The maximum atomic E-state index is 14.3. The van der Waals surface area contributed by atoms with E-state index in [1.807, 2.05) is 6.07 Å². The number of pyridine rings is 1. The molecule has 0 unspecified atom stereocenters. The highest BCUT2D eigenvalue weighted by molar-refractivity contribution is 6.30. The number of halogens is 2. The highest BCUT2D eigenvalue weighted by Gasteiger charge is 2.18. The van der Waals surface area contributed by atoms with E-state index >= 15 is 0 Å². The number of hydrogen-bond donors (Lipinski definition) is 1. The molecule has 0 amide bonds. The molecule has 0 aliphatic heterocycles. The van der Waals surface area contributed by atoms with Gasteiger partial charge in [-0.1, -0.05) is 11.6 Å². The molecule has 4 rings (SSSR count). The van der Waals surface area contributed by atoms with Crippen molar-refractivity contribution in [3.63, 3.8) is 0 Å². The molecule has 0 aliphatic rings. The second-order valence-electron chi connectivity index (χ2n) is 5.35. The van der Waals surface area contributed by atoms with E-state index in [2.05, 4.69) is 25.1 Å². The van der Waals surface area contributed by atoms with Crippen LogP contribution >= 0.6 is 11.6 Å². The molecule has 4 aromatic rings. The van der Waals surface area contributed by atoms with Crippen LogP contribution in [0.3, 0.4) is 0 Å². The van der Waals surface area contributed by atoms with E-state index < -0.39 is 5.82 Å². The van der Waals surface area contributed by atoms with Crippen molar-refractivity contribution >= 4 is 17.4 Å². The zero-order valence-electron chi connectivity index (χ0n) is 13.2. The molecule has 9 heteroatoms. The lowest BCUT2D eigenvalue weighted by Crippen LogP contribution is -2.05. The molecular weight excluding hydrogens is 357 g/mol. The summed E-state index contributed by atoms with van der Waals surface area (Å²) in [5, 5.41) is 8.27. The fourth-order valence-electron chi connectivity index (χ4n) is 2.46. The van der Waals surface area contributed by atoms with Crippen LogP contribution in [0.2, 0.25) is 5.02 Å². The van der Waals surface area contributed by atoms with Crippen LogP contribution in [0, 0.1) is 5.82 Å². The Morgan fingerprint density at radius 3 is 2.85 bits per heavy atom. The lowest BCUT2D eigenvalue weighted by Gasteiger charge is -2.10. The summed E-state index contributed by atoms with van der Waals surface area (Å²) in [7, 11) is 0. The lowest BCUT2D eigenvalue weighted by molar-refractivity contribution is 0.618. The van der Waals surface area contributed by atoms with Crippen molar-refractivity contribution in [3.8, 4) is 28.5 Å². The van der Waals surface area contributed by atoms with Crippen LogP contribution in [0.1, 0.15) is 0 Å². The molecular formula is C17H11ClFN7. The van der Waals surface area contributed by atoms with Gasteiger partial charge in [0.15, 0.2) is 17.3 Å². The van der Waals surface area contributed by atoms with E-state index in [0.29, 0.717) is 10.7 Å². The van der Waals surface area contributed by atoms with Crippen molar-refractivity contribution < 1.29 is 4.39 Å². The van der Waals surface area contributed by atoms with E-state index in [4.69, 9.17) is 17.3 Å². The minimum absolute atomic E-state index is 0.148. The smallest absolute Gasteiger partial charge is 0.190 e. The topological polar surface area (TPSA) is 95.4 Å². The Morgan fingerprint density at radius 2 is 2.04 bits per heavy atom. The Bertz CT molecular complexity index is 1080. The van der Waals surface area contributed by atoms with Gasteiger partial charge < -0.3 is 5.73 Å². The molecule has 0 bridgehead atoms. The number of benzene rings is 1. The Kier molecular flexibility index (Phi) is 4.02. The second-order valence-corrected chi connectivity index (χ2v) is 5.79. The molecule has 2 N–H and O–H groups in total. The summed E-state index contributed by atoms with van der Waals surface area (Å²) in [6, 6.07) is 7.83. The van der Waals surface area contributed by atoms with E-state index in [9.17, 15) is 4.39 Å². The molecule has 0 spiro atoms. The van der Waals surface area contributed by atoms with E-state index in [1.165, 1.54) is 35.3 Å². The van der Waals surface area contributed by atoms with Gasteiger partial charge in [-0.3, -0.25) is 9.55 Å². The SMILES string of the molecule is Nc1ncc(-c2cccnc2)nc1-c1nncn1-c1cc(Cl)ccc1F. The van der Waals surface area contributed by atoms with Crippen LogP contribution in [0.5, 0.6) is 0 Å². The van der Waals surface area contributed by atoms with Crippen molar-refractivity contribution in [2.75, 3.05) is 5.73 Å². The van der Waals surface area contributed by atoms with E-state index in [0.717, 1.165) is 5.56 Å². The van der Waals surface area contributed by atoms with Gasteiger partial charge in [-0.15, -0.1) is 10.2 Å². The molecule has 3 aromatic heterocycles. The van der Waals surface area contributed by atoms with Gasteiger partial charge in [-0.2, -0.15) is 0 Å². The number of nitrogen functional groups attached to an aromatic ring is 1. The molecule has 0 aliphatic carbocycles. The van der Waals surface area contributed by atoms with Crippen molar-refractivity contribution in [3.05, 3.63) is 66.1 Å². The first-order chi connectivity index (χ1) is 12.6. The Morgan fingerprint density at radius 1 is 1.15 bits per heavy atom. The maximum absolute atomic E-state index is 14.3. The Labute approximate surface area is 152 Å². The average Bonchev–Trinajstić information content (AvgIpc) is 3.14. The third kappa shape index (κ3) is 2.86. The summed E-state index contributed by atoms with van der Waals surface area (Å²) in [6.45, 7) is 0. The Balaban J connectivity index is 1.88. The summed E-state index contributed by atoms with van der Waals surface area (Å²) in [6.07, 6.45) is 6.22. The zero-order chi connectivity index (χ0) is 18.1. The van der Waals surface area contributed by atoms with Crippen LogP contribution in [0.4, 0.5) is 10.2 Å². The molecule has 1 aromatic carbocycles. The summed E-state index contributed by atoms with van der Waals surface area (Å²) in [4.78, 5) is 12.8. The maximum Gasteiger partial charge on any atom is 0.190 e. The molecule has 0 fully saturated rings. The van der Waals surface area contributed by atoms with Crippen molar-refractivity contribution in [1.29, 1.82) is 0 Å². The zero-order valence-corrected chi connectivity index (χ0v) is 14.0. The van der Waals surface area contributed by atoms with Gasteiger partial charge in [0.25, 0.3) is 0 Å². The fourth-order valence-corrected chi connectivity index (χ4v) is 2.63. The normalized spacial score (nSPS) is 10.8. The molecule has 26 heavy (non-hydrogen) atoms. The number of aromatic nitrogens is 6. The number of rotatable bonds is 3. The fraction of sp³-hybridized carbons (Fsp3) is 0. The summed E-state index contributed by atoms with van der Waals surface area (Å²) < 4.78 is 15.7. The average molecular weight is 368 g/mol. The van der Waals surface area contributed by atoms with Crippen LogP contribution in [-0.2, 0) is 0 Å². The minimum atomic E-state index is -0.481. The van der Waals surface area contributed by atoms with Gasteiger partial charge >= 0.3 is 0 Å². The molecule has 0 atom stereocenters. The third-order valence-corrected chi connectivity index (χ3v) is 3.92. The number of anilines is 1. The number of nitrogens with zero attached hydrogens (tertiary/aromatic N) is 6. The van der Waals surface area contributed by atoms with Gasteiger partial charge in [0, 0.05) is 23.0 Å². The summed E-state index contributed by atoms with van der Waals surface area (Å²) in [5.74, 6) is -0.0818. The molecule has 3 heterocycles. The molecule has 0 saturated carbocycles. The third-order valence-electron chi connectivity index (χ3n) is 3.69. The first-order valence-corrected chi connectivity index (χ1v) is 7.90. The monoisotopic (exact) mass is 367 g/mol. The highest BCUT2D eigenvalue weighted by atomic mass is 35.5. The van der Waals surface area contributed by atoms with Gasteiger partial charge in [-0.05, 0) is 30.3 Å². The second kappa shape index (κ2) is 6.49. The molecule has 7 nitrogen and oxygen atoms in total. The predicted molar refractivity (Wildman–Crippen MR) is 95.0 cm³/mol. The van der Waals surface area contributed by atoms with E-state index in [1.54, 1.807) is 18.5 Å². The predicted octanol–water partition coefficient (Wildman–Crippen LogP) is 3.16. The Hall–Kier alpha value is -3.39. The number of nitrogens with two attached hydrogens (primary N) is 1. The van der Waals surface area contributed by atoms with Crippen LogP contribution < -0.4 is 5.73 Å². The van der Waals surface area contributed by atoms with Gasteiger partial charge in [-0.25, -0.2) is 14.4 Å². The van der Waals surface area contributed by atoms with Crippen LogP contribution in [-0.4, -0.2) is 29.7 Å². The van der Waals surface area contributed by atoms with Crippen molar-refractivity contribution in [2.45, 2.75) is 0 Å². The molecule has 0 radical (unpaired) electrons.